The van der Waals surface area contributed by atoms with Gasteiger partial charge in [-0.2, -0.15) is 0 Å². The second-order valence-electron chi connectivity index (χ2n) is 4.95. The molecule has 0 aromatic heterocycles. The number of rotatable bonds is 2. The molecule has 0 bridgehead atoms. The fourth-order valence-electron chi connectivity index (χ4n) is 3.35. The highest BCUT2D eigenvalue weighted by Crippen LogP contribution is 2.42. The van der Waals surface area contributed by atoms with Crippen LogP contribution in [0, 0.1) is 0 Å². The van der Waals surface area contributed by atoms with Crippen molar-refractivity contribution in [1.82, 2.24) is 0 Å². The molecule has 1 heteroatoms. The van der Waals surface area contributed by atoms with Gasteiger partial charge in [-0.15, -0.1) is 0 Å². The van der Waals surface area contributed by atoms with Crippen molar-refractivity contribution in [3.8, 4) is 0 Å². The summed E-state index contributed by atoms with van der Waals surface area (Å²) in [6.07, 6.45) is 12.6. The minimum absolute atomic E-state index is 0.307. The lowest BCUT2D eigenvalue weighted by atomic mass is 10.3. The first-order valence-electron chi connectivity index (χ1n) is 5.88. The Labute approximate surface area is 78.4 Å². The molecule has 70 valence electrons. The molecule has 0 radical (unpaired) electrons. The zero-order valence-electron chi connectivity index (χ0n) is 8.39. The third-order valence-electron chi connectivity index (χ3n) is 4.29. The largest absolute Gasteiger partial charge is 0.0716 e. The third kappa shape index (κ3) is 1.76. The van der Waals surface area contributed by atoms with Crippen LogP contribution in [-0.4, -0.2) is 8.80 Å². The third-order valence-corrected chi connectivity index (χ3v) is 8.59. The van der Waals surface area contributed by atoms with Crippen LogP contribution in [0.15, 0.2) is 0 Å². The van der Waals surface area contributed by atoms with Gasteiger partial charge in [-0.3, -0.25) is 0 Å². The van der Waals surface area contributed by atoms with E-state index in [1.165, 1.54) is 11.1 Å². The van der Waals surface area contributed by atoms with Crippen LogP contribution in [0.4, 0.5) is 0 Å². The van der Waals surface area contributed by atoms with Crippen LogP contribution in [0.2, 0.25) is 17.6 Å². The van der Waals surface area contributed by atoms with E-state index in [9.17, 15) is 0 Å². The molecule has 2 aliphatic rings. The van der Waals surface area contributed by atoms with Gasteiger partial charge >= 0.3 is 0 Å². The molecule has 0 aromatic carbocycles. The Bertz CT molecular complexity index is 116. The lowest BCUT2D eigenvalue weighted by molar-refractivity contribution is 0.776. The van der Waals surface area contributed by atoms with Crippen molar-refractivity contribution in [3.63, 3.8) is 0 Å². The molecule has 2 rings (SSSR count). The van der Waals surface area contributed by atoms with Gasteiger partial charge in [-0.1, -0.05) is 57.9 Å². The second-order valence-corrected chi connectivity index (χ2v) is 8.55. The van der Waals surface area contributed by atoms with Crippen molar-refractivity contribution in [1.29, 1.82) is 0 Å². The summed E-state index contributed by atoms with van der Waals surface area (Å²) in [5.41, 5.74) is 2.49. The van der Waals surface area contributed by atoms with Crippen LogP contribution < -0.4 is 0 Å². The smallest absolute Gasteiger partial charge is 0.0399 e. The van der Waals surface area contributed by atoms with E-state index < -0.39 is 0 Å². The molecule has 0 atom stereocenters. The van der Waals surface area contributed by atoms with Gasteiger partial charge in [0.2, 0.25) is 0 Å². The van der Waals surface area contributed by atoms with Crippen molar-refractivity contribution in [2.75, 3.05) is 0 Å². The normalized spacial score (nSPS) is 27.5. The molecule has 0 nitrogen and oxygen atoms in total. The van der Waals surface area contributed by atoms with Crippen LogP contribution in [-0.2, 0) is 0 Å². The Morgan fingerprint density at radius 1 is 0.750 bits per heavy atom. The Morgan fingerprint density at radius 2 is 1.08 bits per heavy atom. The van der Waals surface area contributed by atoms with E-state index in [1.807, 2.05) is 0 Å². The molecule has 0 spiro atoms. The summed E-state index contributed by atoms with van der Waals surface area (Å²) in [6, 6.07) is 0. The fourth-order valence-corrected chi connectivity index (χ4v) is 7.17. The first kappa shape index (κ1) is 8.80. The van der Waals surface area contributed by atoms with E-state index in [2.05, 4.69) is 6.55 Å². The summed E-state index contributed by atoms with van der Waals surface area (Å²) in [6.45, 7) is 2.66. The van der Waals surface area contributed by atoms with E-state index in [4.69, 9.17) is 0 Å². The molecule has 2 saturated carbocycles. The molecule has 12 heavy (non-hydrogen) atoms. The van der Waals surface area contributed by atoms with Gasteiger partial charge in [0, 0.05) is 8.80 Å². The second kappa shape index (κ2) is 3.95. The van der Waals surface area contributed by atoms with E-state index in [1.54, 1.807) is 51.4 Å². The molecule has 0 heterocycles. The summed E-state index contributed by atoms with van der Waals surface area (Å²) < 4.78 is 0. The summed E-state index contributed by atoms with van der Waals surface area (Å²) in [4.78, 5) is 0. The average molecular weight is 182 g/mol. The molecule has 0 N–H and O–H groups in total. The minimum Gasteiger partial charge on any atom is -0.0716 e. The molecule has 0 unspecified atom stereocenters. The van der Waals surface area contributed by atoms with Crippen LogP contribution >= 0.6 is 0 Å². The summed E-state index contributed by atoms with van der Waals surface area (Å²) in [7, 11) is -0.307. The highest BCUT2D eigenvalue weighted by atomic mass is 28.3. The zero-order chi connectivity index (χ0) is 8.39. The maximum atomic E-state index is 2.66. The Morgan fingerprint density at radius 3 is 1.42 bits per heavy atom. The highest BCUT2D eigenvalue weighted by Gasteiger charge is 2.30. The van der Waals surface area contributed by atoms with Gasteiger partial charge in [-0.05, 0) is 11.1 Å². The van der Waals surface area contributed by atoms with Crippen LogP contribution in [0.25, 0.3) is 0 Å². The van der Waals surface area contributed by atoms with E-state index in [-0.39, 0.29) is 8.80 Å². The predicted octanol–water partition coefficient (Wildman–Crippen LogP) is 3.73. The van der Waals surface area contributed by atoms with Crippen molar-refractivity contribution < 1.29 is 0 Å². The lowest BCUT2D eigenvalue weighted by Crippen LogP contribution is -2.19. The number of hydrogen-bond acceptors (Lipinski definition) is 0. The summed E-state index contributed by atoms with van der Waals surface area (Å²) in [5.74, 6) is 0. The van der Waals surface area contributed by atoms with Crippen LogP contribution in [0.5, 0.6) is 0 Å². The average Bonchev–Trinajstić information content (AvgIpc) is 2.77. The topological polar surface area (TPSA) is 0 Å². The molecule has 0 aromatic rings. The Kier molecular flexibility index (Phi) is 2.90. The summed E-state index contributed by atoms with van der Waals surface area (Å²) in [5, 5.41) is 0. The Balaban J connectivity index is 1.84. The maximum absolute atomic E-state index is 2.66. The first-order chi connectivity index (χ1) is 5.88. The Hall–Kier alpha value is 0.217. The van der Waals surface area contributed by atoms with Crippen molar-refractivity contribution in [2.45, 2.75) is 69.0 Å². The molecule has 2 fully saturated rings. The summed E-state index contributed by atoms with van der Waals surface area (Å²) >= 11 is 0. The quantitative estimate of drug-likeness (QED) is 0.571. The SMILES string of the molecule is C[SiH](C1CCCC1)C1CCCC1. The molecular weight excluding hydrogens is 160 g/mol. The number of hydrogen-bond donors (Lipinski definition) is 0. The van der Waals surface area contributed by atoms with E-state index in [0.29, 0.717) is 0 Å². The van der Waals surface area contributed by atoms with Crippen molar-refractivity contribution in [2.24, 2.45) is 0 Å². The van der Waals surface area contributed by atoms with Gasteiger partial charge in [-0.25, -0.2) is 0 Å². The van der Waals surface area contributed by atoms with Gasteiger partial charge in [0.05, 0.1) is 0 Å². The molecule has 0 saturated heterocycles. The van der Waals surface area contributed by atoms with E-state index in [0.717, 1.165) is 0 Å². The molecule has 0 amide bonds. The van der Waals surface area contributed by atoms with Crippen LogP contribution in [0.3, 0.4) is 0 Å². The van der Waals surface area contributed by atoms with Gasteiger partial charge in [0.15, 0.2) is 0 Å². The van der Waals surface area contributed by atoms with Gasteiger partial charge in [0.1, 0.15) is 0 Å². The van der Waals surface area contributed by atoms with Crippen molar-refractivity contribution in [3.05, 3.63) is 0 Å². The predicted molar refractivity (Wildman–Crippen MR) is 57.4 cm³/mol. The van der Waals surface area contributed by atoms with Gasteiger partial charge < -0.3 is 0 Å². The lowest BCUT2D eigenvalue weighted by Gasteiger charge is -2.23. The van der Waals surface area contributed by atoms with Crippen LogP contribution in [0.1, 0.15) is 51.4 Å². The zero-order valence-corrected chi connectivity index (χ0v) is 9.54. The van der Waals surface area contributed by atoms with E-state index >= 15 is 0 Å². The monoisotopic (exact) mass is 182 g/mol. The standard InChI is InChI=1S/C11H22Si/c1-12(10-6-2-3-7-10)11-8-4-5-9-11/h10-12H,2-9H2,1H3. The maximum Gasteiger partial charge on any atom is 0.0399 e. The molecular formula is C11H22Si. The minimum atomic E-state index is -0.307. The van der Waals surface area contributed by atoms with Crippen molar-refractivity contribution >= 4 is 8.80 Å². The first-order valence-corrected chi connectivity index (χ1v) is 8.37. The van der Waals surface area contributed by atoms with Gasteiger partial charge in [0.25, 0.3) is 0 Å². The fraction of sp³-hybridized carbons (Fsp3) is 1.00. The highest BCUT2D eigenvalue weighted by molar-refractivity contribution is 6.60. The molecule has 2 aliphatic carbocycles. The molecule has 0 aliphatic heterocycles.